The van der Waals surface area contributed by atoms with Crippen molar-refractivity contribution in [1.82, 2.24) is 5.32 Å². The van der Waals surface area contributed by atoms with Gasteiger partial charge in [-0.2, -0.15) is 0 Å². The number of carbonyl (C=O) groups excluding carboxylic acids is 3. The predicted molar refractivity (Wildman–Crippen MR) is 88.0 cm³/mol. The summed E-state index contributed by atoms with van der Waals surface area (Å²) in [6.07, 6.45) is -1.47. The van der Waals surface area contributed by atoms with Crippen LogP contribution < -0.4 is 5.32 Å². The molecule has 0 spiro atoms. The third-order valence-electron chi connectivity index (χ3n) is 3.03. The molecule has 0 saturated heterocycles. The third kappa shape index (κ3) is 6.60. The number of alkyl carbamates (subject to hydrolysis) is 1. The minimum atomic E-state index is -1.18. The number of esters is 1. The fourth-order valence-corrected chi connectivity index (χ4v) is 2.34. The van der Waals surface area contributed by atoms with E-state index >= 15 is 0 Å². The van der Waals surface area contributed by atoms with Crippen molar-refractivity contribution in [2.24, 2.45) is 0 Å². The van der Waals surface area contributed by atoms with E-state index in [1.54, 1.807) is 0 Å². The maximum atomic E-state index is 12.1. The number of nitrogens with one attached hydrogen (secondary N) is 1. The molecule has 25 heavy (non-hydrogen) atoms. The number of rotatable bonds is 8. The molecule has 0 aliphatic rings. The average molecular weight is 392 g/mol. The molecule has 0 unspecified atom stereocenters. The molecule has 0 aliphatic heterocycles. The van der Waals surface area contributed by atoms with Crippen molar-refractivity contribution in [3.63, 3.8) is 0 Å². The van der Waals surface area contributed by atoms with E-state index in [0.717, 1.165) is 7.11 Å². The molecule has 8 nitrogen and oxygen atoms in total. The Hall–Kier alpha value is -2.32. The number of carboxylic acid groups (broad SMARTS) is 1. The largest absolute Gasteiger partial charge is 0.481 e. The van der Waals surface area contributed by atoms with Gasteiger partial charge in [0.2, 0.25) is 0 Å². The fraction of sp³-hybridized carbons (Fsp3) is 0.333. The standard InChI is InChI=1S/C15H15Cl2NO7/c1-24-15(23)18-10(5-6-12(20)21)11(19)7-25-14(22)13-8(16)3-2-4-9(13)17/h2-4,10H,5-7H2,1H3,(H,18,23)(H,20,21)/t10-/m0/s1. The van der Waals surface area contributed by atoms with Gasteiger partial charge in [0, 0.05) is 6.42 Å². The van der Waals surface area contributed by atoms with Crippen LogP contribution in [0.1, 0.15) is 23.2 Å². The molecule has 136 valence electrons. The second kappa shape index (κ2) is 9.85. The molecule has 0 fully saturated rings. The number of aliphatic carboxylic acids is 1. The number of hydrogen-bond donors (Lipinski definition) is 2. The smallest absolute Gasteiger partial charge is 0.407 e. The van der Waals surface area contributed by atoms with E-state index in [-0.39, 0.29) is 28.5 Å². The van der Waals surface area contributed by atoms with Crippen LogP contribution in [0.5, 0.6) is 0 Å². The SMILES string of the molecule is COC(=O)N[C@@H](CCC(=O)O)C(=O)COC(=O)c1c(Cl)cccc1Cl. The summed E-state index contributed by atoms with van der Waals surface area (Å²) in [6.45, 7) is -0.700. The van der Waals surface area contributed by atoms with Gasteiger partial charge >= 0.3 is 18.0 Å². The van der Waals surface area contributed by atoms with Crippen LogP contribution in [-0.4, -0.2) is 48.7 Å². The minimum Gasteiger partial charge on any atom is -0.481 e. The van der Waals surface area contributed by atoms with Crippen molar-refractivity contribution >= 4 is 47.0 Å². The number of amides is 1. The van der Waals surface area contributed by atoms with Crippen LogP contribution in [0.4, 0.5) is 4.79 Å². The first-order valence-corrected chi connectivity index (χ1v) is 7.72. The number of Topliss-reactive ketones (excluding diaryl/α,β-unsaturated/α-hetero) is 1. The summed E-state index contributed by atoms with van der Waals surface area (Å²) in [5, 5.41) is 11.0. The lowest BCUT2D eigenvalue weighted by molar-refractivity contribution is -0.137. The highest BCUT2D eigenvalue weighted by Gasteiger charge is 2.24. The summed E-state index contributed by atoms with van der Waals surface area (Å²) in [6, 6.07) is 3.22. The van der Waals surface area contributed by atoms with Gasteiger partial charge < -0.3 is 19.9 Å². The zero-order valence-electron chi connectivity index (χ0n) is 13.1. The Morgan fingerprint density at radius 1 is 1.20 bits per heavy atom. The van der Waals surface area contributed by atoms with E-state index in [1.807, 2.05) is 0 Å². The second-order valence-electron chi connectivity index (χ2n) is 4.76. The molecule has 0 aliphatic carbocycles. The van der Waals surface area contributed by atoms with E-state index in [2.05, 4.69) is 10.1 Å². The molecular formula is C15H15Cl2NO7. The highest BCUT2D eigenvalue weighted by Crippen LogP contribution is 2.24. The van der Waals surface area contributed by atoms with Gasteiger partial charge in [0.15, 0.2) is 12.4 Å². The molecular weight excluding hydrogens is 377 g/mol. The summed E-state index contributed by atoms with van der Waals surface area (Å²) in [7, 11) is 1.09. The topological polar surface area (TPSA) is 119 Å². The molecule has 1 amide bonds. The minimum absolute atomic E-state index is 0.0556. The van der Waals surface area contributed by atoms with Gasteiger partial charge in [-0.05, 0) is 18.6 Å². The van der Waals surface area contributed by atoms with Crippen molar-refractivity contribution in [2.45, 2.75) is 18.9 Å². The van der Waals surface area contributed by atoms with Gasteiger partial charge in [0.05, 0.1) is 28.8 Å². The van der Waals surface area contributed by atoms with Crippen molar-refractivity contribution < 1.29 is 33.8 Å². The molecule has 0 heterocycles. The van der Waals surface area contributed by atoms with Crippen LogP contribution in [-0.2, 0) is 19.1 Å². The number of carboxylic acids is 1. The number of benzene rings is 1. The van der Waals surface area contributed by atoms with Gasteiger partial charge in [-0.25, -0.2) is 9.59 Å². The normalized spacial score (nSPS) is 11.3. The monoisotopic (exact) mass is 391 g/mol. The Balaban J connectivity index is 2.73. The summed E-state index contributed by atoms with van der Waals surface area (Å²) < 4.78 is 9.23. The predicted octanol–water partition coefficient (Wildman–Crippen LogP) is 2.31. The lowest BCUT2D eigenvalue weighted by Crippen LogP contribution is -2.43. The van der Waals surface area contributed by atoms with Crippen LogP contribution >= 0.6 is 23.2 Å². The molecule has 0 aromatic heterocycles. The summed E-state index contributed by atoms with van der Waals surface area (Å²) in [5.74, 6) is -2.77. The summed E-state index contributed by atoms with van der Waals surface area (Å²) in [4.78, 5) is 46.0. The van der Waals surface area contributed by atoms with Crippen molar-refractivity contribution in [3.05, 3.63) is 33.8 Å². The van der Waals surface area contributed by atoms with E-state index in [1.165, 1.54) is 18.2 Å². The molecule has 0 bridgehead atoms. The van der Waals surface area contributed by atoms with Crippen LogP contribution in [0.3, 0.4) is 0 Å². The molecule has 1 atom stereocenters. The number of ketones is 1. The highest BCUT2D eigenvalue weighted by molar-refractivity contribution is 6.39. The Morgan fingerprint density at radius 2 is 1.80 bits per heavy atom. The first kappa shape index (κ1) is 20.7. The van der Waals surface area contributed by atoms with Crippen molar-refractivity contribution in [3.8, 4) is 0 Å². The lowest BCUT2D eigenvalue weighted by atomic mass is 10.1. The highest BCUT2D eigenvalue weighted by atomic mass is 35.5. The average Bonchev–Trinajstić information content (AvgIpc) is 2.55. The Kier molecular flexibility index (Phi) is 8.17. The van der Waals surface area contributed by atoms with Gasteiger partial charge in [0.25, 0.3) is 0 Å². The van der Waals surface area contributed by atoms with Crippen LogP contribution in [0.25, 0.3) is 0 Å². The molecule has 0 saturated carbocycles. The third-order valence-corrected chi connectivity index (χ3v) is 3.66. The summed E-state index contributed by atoms with van der Waals surface area (Å²) >= 11 is 11.7. The van der Waals surface area contributed by atoms with Crippen LogP contribution in [0.2, 0.25) is 10.0 Å². The van der Waals surface area contributed by atoms with E-state index < -0.39 is 36.5 Å². The molecule has 1 rings (SSSR count). The Morgan fingerprint density at radius 3 is 2.32 bits per heavy atom. The molecule has 1 aromatic carbocycles. The maximum absolute atomic E-state index is 12.1. The number of carbonyl (C=O) groups is 4. The van der Waals surface area contributed by atoms with E-state index in [9.17, 15) is 19.2 Å². The van der Waals surface area contributed by atoms with Crippen molar-refractivity contribution in [1.29, 1.82) is 0 Å². The number of ether oxygens (including phenoxy) is 2. The number of methoxy groups -OCH3 is 1. The van der Waals surface area contributed by atoms with Gasteiger partial charge in [-0.3, -0.25) is 9.59 Å². The summed E-state index contributed by atoms with van der Waals surface area (Å²) in [5.41, 5.74) is -0.0957. The maximum Gasteiger partial charge on any atom is 0.407 e. The van der Waals surface area contributed by atoms with Crippen molar-refractivity contribution in [2.75, 3.05) is 13.7 Å². The van der Waals surface area contributed by atoms with Crippen LogP contribution in [0, 0.1) is 0 Å². The van der Waals surface area contributed by atoms with Gasteiger partial charge in [0.1, 0.15) is 0 Å². The lowest BCUT2D eigenvalue weighted by Gasteiger charge is -2.16. The number of halogens is 2. The Bertz CT molecular complexity index is 658. The Labute approximate surface area is 153 Å². The zero-order chi connectivity index (χ0) is 19.0. The van der Waals surface area contributed by atoms with Gasteiger partial charge in [-0.15, -0.1) is 0 Å². The second-order valence-corrected chi connectivity index (χ2v) is 5.57. The number of hydrogen-bond acceptors (Lipinski definition) is 6. The quantitative estimate of drug-likeness (QED) is 0.652. The fourth-order valence-electron chi connectivity index (χ4n) is 1.78. The first-order chi connectivity index (χ1) is 11.8. The van der Waals surface area contributed by atoms with E-state index in [4.69, 9.17) is 33.0 Å². The molecule has 0 radical (unpaired) electrons. The first-order valence-electron chi connectivity index (χ1n) is 6.96. The zero-order valence-corrected chi connectivity index (χ0v) is 14.6. The molecule has 10 heteroatoms. The van der Waals surface area contributed by atoms with Crippen LogP contribution in [0.15, 0.2) is 18.2 Å². The molecule has 2 N–H and O–H groups in total. The van der Waals surface area contributed by atoms with Gasteiger partial charge in [-0.1, -0.05) is 29.3 Å². The van der Waals surface area contributed by atoms with E-state index in [0.29, 0.717) is 0 Å². The molecule has 1 aromatic rings.